The van der Waals surface area contributed by atoms with Gasteiger partial charge in [0.2, 0.25) is 0 Å². The maximum absolute atomic E-state index is 4.82. The second-order valence-corrected chi connectivity index (χ2v) is 2.43. The Hall–Kier alpha value is -0.210. The molecule has 0 bridgehead atoms. The first kappa shape index (κ1) is 4.94. The topological polar surface area (TPSA) is 0 Å². The molecule has 7 heavy (non-hydrogen) atoms. The van der Waals surface area contributed by atoms with Gasteiger partial charge in [-0.05, 0) is 22.9 Å². The second kappa shape index (κ2) is 2.19. The van der Waals surface area contributed by atoms with Crippen LogP contribution in [0.15, 0.2) is 22.9 Å². The van der Waals surface area contributed by atoms with Gasteiger partial charge >= 0.3 is 0 Å². The quantitative estimate of drug-likeness (QED) is 0.484. The Bertz CT molecular complexity index is 172. The summed E-state index contributed by atoms with van der Waals surface area (Å²) in [5.74, 6) is 0. The highest BCUT2D eigenvalue weighted by molar-refractivity contribution is 7.71. The lowest BCUT2D eigenvalue weighted by atomic mass is 10.6. The van der Waals surface area contributed by atoms with E-state index in [1.165, 1.54) is 0 Å². The molecule has 0 saturated carbocycles. The zero-order chi connectivity index (χ0) is 5.11. The Morgan fingerprint density at radius 1 is 1.29 bits per heavy atom. The molecule has 2 heteroatoms. The largest absolute Gasteiger partial charge is 0.152 e. The third-order valence-electron chi connectivity index (χ3n) is 0.622. The summed E-state index contributed by atoms with van der Waals surface area (Å²) in [6.45, 7) is 0. The van der Waals surface area contributed by atoms with Crippen molar-refractivity contribution in [2.45, 2.75) is 0 Å². The zero-order valence-corrected chi connectivity index (χ0v) is 5.26. The molecule has 0 atom stereocenters. The molecule has 1 heterocycles. The molecule has 1 rings (SSSR count). The van der Waals surface area contributed by atoms with E-state index in [2.05, 4.69) is 0 Å². The lowest BCUT2D eigenvalue weighted by molar-refractivity contribution is 1.82. The Kier molecular flexibility index (Phi) is 1.54. The first-order valence-corrected chi connectivity index (χ1v) is 3.27. The fourth-order valence-electron chi connectivity index (χ4n) is 0.314. The van der Waals surface area contributed by atoms with E-state index in [4.69, 9.17) is 12.2 Å². The fourth-order valence-corrected chi connectivity index (χ4v) is 1.16. The van der Waals surface area contributed by atoms with Crippen molar-refractivity contribution in [1.82, 2.24) is 0 Å². The van der Waals surface area contributed by atoms with Gasteiger partial charge in [0.25, 0.3) is 0 Å². The van der Waals surface area contributed by atoms with Gasteiger partial charge in [-0.2, -0.15) is 11.3 Å². The van der Waals surface area contributed by atoms with Crippen LogP contribution in [0.2, 0.25) is 0 Å². The van der Waals surface area contributed by atoms with Crippen LogP contribution >= 0.6 is 23.6 Å². The van der Waals surface area contributed by atoms with E-state index in [9.17, 15) is 0 Å². The van der Waals surface area contributed by atoms with Crippen LogP contribution in [0.25, 0.3) is 0 Å². The summed E-state index contributed by atoms with van der Waals surface area (Å²) in [6.07, 6.45) is 0. The van der Waals surface area contributed by atoms with Crippen molar-refractivity contribution in [3.8, 4) is 0 Å². The first-order valence-electron chi connectivity index (χ1n) is 1.92. The molecule has 0 spiro atoms. The standard InChI is InChI=1S/C5H4S2/c6-5-1-3-7-4-2-5/h1-4H. The molecule has 0 N–H and O–H groups in total. The summed E-state index contributed by atoms with van der Waals surface area (Å²) in [7, 11) is 0. The van der Waals surface area contributed by atoms with Crippen molar-refractivity contribution in [2.75, 3.05) is 0 Å². The molecule has 0 saturated heterocycles. The van der Waals surface area contributed by atoms with Crippen molar-refractivity contribution in [3.63, 3.8) is 0 Å². The van der Waals surface area contributed by atoms with Crippen LogP contribution < -0.4 is 0 Å². The minimum atomic E-state index is 0.916. The fraction of sp³-hybridized carbons (Fsp3) is 0. The summed E-state index contributed by atoms with van der Waals surface area (Å²) in [6, 6.07) is 3.83. The zero-order valence-electron chi connectivity index (χ0n) is 3.63. The molecule has 36 valence electrons. The van der Waals surface area contributed by atoms with E-state index in [1.54, 1.807) is 11.3 Å². The summed E-state index contributed by atoms with van der Waals surface area (Å²) in [5.41, 5.74) is 0. The SMILES string of the molecule is S=c1ccscc1. The van der Waals surface area contributed by atoms with Crippen molar-refractivity contribution in [1.29, 1.82) is 0 Å². The molecule has 0 aromatic carbocycles. The molecule has 0 nitrogen and oxygen atoms in total. The van der Waals surface area contributed by atoms with Gasteiger partial charge < -0.3 is 0 Å². The summed E-state index contributed by atoms with van der Waals surface area (Å²) >= 11 is 6.47. The highest BCUT2D eigenvalue weighted by atomic mass is 32.1. The van der Waals surface area contributed by atoms with E-state index in [0.717, 1.165) is 4.51 Å². The Balaban J connectivity index is 3.28. The number of hydrogen-bond acceptors (Lipinski definition) is 2. The Morgan fingerprint density at radius 2 is 1.86 bits per heavy atom. The predicted octanol–water partition coefficient (Wildman–Crippen LogP) is 2.48. The van der Waals surface area contributed by atoms with Gasteiger partial charge in [-0.25, -0.2) is 0 Å². The Morgan fingerprint density at radius 3 is 2.14 bits per heavy atom. The maximum Gasteiger partial charge on any atom is 0.0393 e. The highest BCUT2D eigenvalue weighted by Crippen LogP contribution is 1.94. The molecule has 1 aromatic rings. The van der Waals surface area contributed by atoms with Crippen molar-refractivity contribution >= 4 is 23.6 Å². The van der Waals surface area contributed by atoms with E-state index >= 15 is 0 Å². The molecule has 0 unspecified atom stereocenters. The van der Waals surface area contributed by atoms with Gasteiger partial charge in [-0.1, -0.05) is 12.2 Å². The molecule has 0 fully saturated rings. The van der Waals surface area contributed by atoms with Gasteiger partial charge in [0, 0.05) is 4.51 Å². The molecule has 0 radical (unpaired) electrons. The average molecular weight is 128 g/mol. The van der Waals surface area contributed by atoms with Crippen LogP contribution in [0.4, 0.5) is 0 Å². The molecule has 0 aliphatic heterocycles. The van der Waals surface area contributed by atoms with Gasteiger partial charge in [-0.3, -0.25) is 0 Å². The predicted molar refractivity (Wildman–Crippen MR) is 35.2 cm³/mol. The Labute approximate surface area is 51.4 Å². The van der Waals surface area contributed by atoms with Crippen LogP contribution in [0, 0.1) is 4.51 Å². The minimum Gasteiger partial charge on any atom is -0.152 e. The first-order chi connectivity index (χ1) is 3.39. The molecule has 1 aromatic heterocycles. The maximum atomic E-state index is 4.82. The van der Waals surface area contributed by atoms with Gasteiger partial charge in [0.15, 0.2) is 0 Å². The van der Waals surface area contributed by atoms with Gasteiger partial charge in [0.05, 0.1) is 0 Å². The molecule has 0 aliphatic rings. The van der Waals surface area contributed by atoms with Crippen molar-refractivity contribution in [3.05, 3.63) is 27.4 Å². The molecular weight excluding hydrogens is 124 g/mol. The summed E-state index contributed by atoms with van der Waals surface area (Å²) < 4.78 is 0.916. The molecule has 0 aliphatic carbocycles. The lowest BCUT2D eigenvalue weighted by Crippen LogP contribution is -1.49. The third kappa shape index (κ3) is 1.37. The van der Waals surface area contributed by atoms with Gasteiger partial charge in [-0.15, -0.1) is 0 Å². The minimum absolute atomic E-state index is 0.916. The van der Waals surface area contributed by atoms with E-state index in [-0.39, 0.29) is 0 Å². The average Bonchev–Trinajstić information content (AvgIpc) is 1.69. The third-order valence-corrected chi connectivity index (χ3v) is 1.48. The number of rotatable bonds is 0. The van der Waals surface area contributed by atoms with E-state index < -0.39 is 0 Å². The highest BCUT2D eigenvalue weighted by Gasteiger charge is 1.67. The smallest absolute Gasteiger partial charge is 0.0393 e. The van der Waals surface area contributed by atoms with Crippen molar-refractivity contribution in [2.24, 2.45) is 0 Å². The summed E-state index contributed by atoms with van der Waals surface area (Å²) in [4.78, 5) is 0. The van der Waals surface area contributed by atoms with Gasteiger partial charge in [0.1, 0.15) is 0 Å². The summed E-state index contributed by atoms with van der Waals surface area (Å²) in [5, 5.41) is 3.95. The van der Waals surface area contributed by atoms with Crippen LogP contribution in [-0.4, -0.2) is 0 Å². The monoisotopic (exact) mass is 128 g/mol. The van der Waals surface area contributed by atoms with Crippen LogP contribution in [0.5, 0.6) is 0 Å². The molecule has 0 amide bonds. The van der Waals surface area contributed by atoms with Crippen LogP contribution in [0.3, 0.4) is 0 Å². The van der Waals surface area contributed by atoms with Crippen LogP contribution in [-0.2, 0) is 0 Å². The van der Waals surface area contributed by atoms with E-state index in [1.807, 2.05) is 22.9 Å². The second-order valence-electron chi connectivity index (χ2n) is 1.14. The molecular formula is C5H4S2. The van der Waals surface area contributed by atoms with E-state index in [0.29, 0.717) is 0 Å². The number of hydrogen-bond donors (Lipinski definition) is 0. The van der Waals surface area contributed by atoms with Crippen molar-refractivity contribution < 1.29 is 0 Å². The van der Waals surface area contributed by atoms with Crippen LogP contribution in [0.1, 0.15) is 0 Å². The lowest BCUT2D eigenvalue weighted by Gasteiger charge is -1.72. The normalized spacial score (nSPS) is 8.57.